The van der Waals surface area contributed by atoms with Gasteiger partial charge in [-0.25, -0.2) is 9.89 Å². The molecule has 0 aromatic carbocycles. The maximum atomic E-state index is 11.4. The van der Waals surface area contributed by atoms with E-state index in [2.05, 4.69) is 43.0 Å². The average molecular weight is 300 g/mol. The monoisotopic (exact) mass is 299 g/mol. The summed E-state index contributed by atoms with van der Waals surface area (Å²) in [4.78, 5) is 13.5. The molecule has 0 atom stereocenters. The minimum absolute atomic E-state index is 0.307. The number of alkyl halides is 1. The molecular weight excluding hydrogens is 286 g/mol. The van der Waals surface area contributed by atoms with Crippen molar-refractivity contribution in [3.05, 3.63) is 22.6 Å². The lowest BCUT2D eigenvalue weighted by molar-refractivity contribution is 0.757. The summed E-state index contributed by atoms with van der Waals surface area (Å²) in [7, 11) is 0. The Hall–Kier alpha value is -1.37. The van der Waals surface area contributed by atoms with E-state index in [0.717, 1.165) is 30.7 Å². The third-order valence-electron chi connectivity index (χ3n) is 2.53. The van der Waals surface area contributed by atoms with Crippen LogP contribution in [0.15, 0.2) is 16.9 Å². The molecular formula is C10H14BrN5O. The van der Waals surface area contributed by atoms with Crippen LogP contribution in [0.1, 0.15) is 13.3 Å². The minimum Gasteiger partial charge on any atom is -0.355 e. The van der Waals surface area contributed by atoms with Crippen LogP contribution >= 0.6 is 15.9 Å². The lowest BCUT2D eigenvalue weighted by Crippen LogP contribution is -2.26. The molecule has 0 spiro atoms. The van der Waals surface area contributed by atoms with Gasteiger partial charge in [-0.05, 0) is 25.5 Å². The van der Waals surface area contributed by atoms with Gasteiger partial charge in [0.1, 0.15) is 5.82 Å². The van der Waals surface area contributed by atoms with Crippen molar-refractivity contribution in [1.29, 1.82) is 0 Å². The van der Waals surface area contributed by atoms with E-state index in [0.29, 0.717) is 5.65 Å². The summed E-state index contributed by atoms with van der Waals surface area (Å²) in [5, 5.41) is 11.5. The van der Waals surface area contributed by atoms with Crippen molar-refractivity contribution in [2.75, 3.05) is 23.3 Å². The summed E-state index contributed by atoms with van der Waals surface area (Å²) in [6.45, 7) is 3.84. The van der Waals surface area contributed by atoms with Gasteiger partial charge in [0.05, 0.1) is 0 Å². The molecule has 0 aliphatic rings. The molecule has 2 rings (SSSR count). The Balaban J connectivity index is 2.33. The van der Waals surface area contributed by atoms with Crippen LogP contribution in [0.5, 0.6) is 0 Å². The topological polar surface area (TPSA) is 66.3 Å². The zero-order valence-corrected chi connectivity index (χ0v) is 11.1. The van der Waals surface area contributed by atoms with Crippen LogP contribution in [0.4, 0.5) is 5.82 Å². The normalized spacial score (nSPS) is 10.9. The van der Waals surface area contributed by atoms with E-state index < -0.39 is 0 Å². The molecule has 0 aliphatic heterocycles. The molecule has 17 heavy (non-hydrogen) atoms. The van der Waals surface area contributed by atoms with Crippen LogP contribution in [-0.2, 0) is 0 Å². The molecule has 2 heterocycles. The number of H-pyrrole nitrogens is 1. The van der Waals surface area contributed by atoms with Crippen LogP contribution < -0.4 is 10.6 Å². The fourth-order valence-corrected chi connectivity index (χ4v) is 1.90. The molecule has 7 heteroatoms. The highest BCUT2D eigenvalue weighted by molar-refractivity contribution is 9.09. The average Bonchev–Trinajstić information content (AvgIpc) is 2.72. The fourth-order valence-electron chi connectivity index (χ4n) is 1.65. The van der Waals surface area contributed by atoms with Gasteiger partial charge in [-0.3, -0.25) is 0 Å². The van der Waals surface area contributed by atoms with Gasteiger partial charge in [-0.2, -0.15) is 9.61 Å². The Morgan fingerprint density at radius 3 is 3.06 bits per heavy atom. The Kier molecular flexibility index (Phi) is 3.78. The van der Waals surface area contributed by atoms with Gasteiger partial charge in [0.15, 0.2) is 5.65 Å². The standard InChI is InChI=1S/C10H14BrN5O/c1-2-15(7-3-6-11)9-5-4-8-12-13-10(17)16(8)14-9/h4-5H,2-3,6-7H2,1H3,(H,13,17). The predicted molar refractivity (Wildman–Crippen MR) is 69.9 cm³/mol. The first-order valence-electron chi connectivity index (χ1n) is 5.51. The van der Waals surface area contributed by atoms with Crippen LogP contribution in [0.3, 0.4) is 0 Å². The molecule has 0 amide bonds. The molecule has 0 radical (unpaired) electrons. The molecule has 0 aliphatic carbocycles. The number of nitrogens with zero attached hydrogens (tertiary/aromatic N) is 4. The van der Waals surface area contributed by atoms with E-state index in [-0.39, 0.29) is 5.69 Å². The Bertz CT molecular complexity index is 549. The van der Waals surface area contributed by atoms with Gasteiger partial charge < -0.3 is 4.90 Å². The molecule has 0 saturated carbocycles. The highest BCUT2D eigenvalue weighted by Crippen LogP contribution is 2.10. The maximum absolute atomic E-state index is 11.4. The molecule has 0 fully saturated rings. The van der Waals surface area contributed by atoms with Crippen molar-refractivity contribution in [1.82, 2.24) is 19.8 Å². The number of hydrogen-bond acceptors (Lipinski definition) is 4. The van der Waals surface area contributed by atoms with E-state index in [4.69, 9.17) is 0 Å². The number of aromatic nitrogens is 4. The molecule has 2 aromatic rings. The first kappa shape index (κ1) is 12.1. The third kappa shape index (κ3) is 2.49. The van der Waals surface area contributed by atoms with Gasteiger partial charge >= 0.3 is 5.69 Å². The van der Waals surface area contributed by atoms with E-state index in [9.17, 15) is 4.79 Å². The Morgan fingerprint density at radius 1 is 1.53 bits per heavy atom. The lowest BCUT2D eigenvalue weighted by Gasteiger charge is -2.20. The first-order valence-corrected chi connectivity index (χ1v) is 6.63. The van der Waals surface area contributed by atoms with E-state index >= 15 is 0 Å². The van der Waals surface area contributed by atoms with Crippen molar-refractivity contribution < 1.29 is 0 Å². The van der Waals surface area contributed by atoms with Crippen molar-refractivity contribution >= 4 is 27.4 Å². The summed E-state index contributed by atoms with van der Waals surface area (Å²) in [6, 6.07) is 3.67. The zero-order chi connectivity index (χ0) is 12.3. The van der Waals surface area contributed by atoms with Gasteiger partial charge in [-0.15, -0.1) is 5.10 Å². The third-order valence-corrected chi connectivity index (χ3v) is 3.09. The summed E-state index contributed by atoms with van der Waals surface area (Å²) in [5.74, 6) is 0.796. The quantitative estimate of drug-likeness (QED) is 0.838. The molecule has 2 aromatic heterocycles. The van der Waals surface area contributed by atoms with Gasteiger partial charge in [-0.1, -0.05) is 15.9 Å². The summed E-state index contributed by atoms with van der Waals surface area (Å²) in [5.41, 5.74) is 0.230. The number of halogens is 1. The van der Waals surface area contributed by atoms with E-state index in [1.165, 1.54) is 4.52 Å². The highest BCUT2D eigenvalue weighted by Gasteiger charge is 2.08. The Morgan fingerprint density at radius 2 is 2.35 bits per heavy atom. The van der Waals surface area contributed by atoms with Crippen LogP contribution in [0.2, 0.25) is 0 Å². The van der Waals surface area contributed by atoms with E-state index in [1.54, 1.807) is 6.07 Å². The first-order chi connectivity index (χ1) is 8.26. The zero-order valence-electron chi connectivity index (χ0n) is 9.56. The largest absolute Gasteiger partial charge is 0.364 e. The Labute approximate surface area is 107 Å². The summed E-state index contributed by atoms with van der Waals surface area (Å²) >= 11 is 3.41. The van der Waals surface area contributed by atoms with Crippen LogP contribution in [0.25, 0.3) is 5.65 Å². The predicted octanol–water partition coefficient (Wildman–Crippen LogP) is 1.03. The second-order valence-corrected chi connectivity index (χ2v) is 4.41. The van der Waals surface area contributed by atoms with Crippen LogP contribution in [0, 0.1) is 0 Å². The molecule has 0 saturated heterocycles. The number of rotatable bonds is 5. The minimum atomic E-state index is -0.307. The second-order valence-electron chi connectivity index (χ2n) is 3.61. The SMILES string of the molecule is CCN(CCCBr)c1ccc2n[nH]c(=O)n2n1. The number of fused-ring (bicyclic) bond motifs is 1. The van der Waals surface area contributed by atoms with E-state index in [1.807, 2.05) is 6.07 Å². The number of anilines is 1. The highest BCUT2D eigenvalue weighted by atomic mass is 79.9. The van der Waals surface area contributed by atoms with Gasteiger partial charge in [0, 0.05) is 18.4 Å². The summed E-state index contributed by atoms with van der Waals surface area (Å²) < 4.78 is 1.28. The maximum Gasteiger partial charge on any atom is 0.364 e. The molecule has 6 nitrogen and oxygen atoms in total. The smallest absolute Gasteiger partial charge is 0.355 e. The summed E-state index contributed by atoms with van der Waals surface area (Å²) in [6.07, 6.45) is 1.04. The molecule has 0 unspecified atom stereocenters. The van der Waals surface area contributed by atoms with Crippen molar-refractivity contribution in [3.8, 4) is 0 Å². The molecule has 92 valence electrons. The van der Waals surface area contributed by atoms with Crippen molar-refractivity contribution in [2.45, 2.75) is 13.3 Å². The number of hydrogen-bond donors (Lipinski definition) is 1. The molecule has 0 bridgehead atoms. The molecule has 1 N–H and O–H groups in total. The fraction of sp³-hybridized carbons (Fsp3) is 0.500. The number of aromatic amines is 1. The lowest BCUT2D eigenvalue weighted by atomic mass is 10.4. The van der Waals surface area contributed by atoms with Crippen molar-refractivity contribution in [3.63, 3.8) is 0 Å². The second kappa shape index (κ2) is 5.31. The van der Waals surface area contributed by atoms with Crippen molar-refractivity contribution in [2.24, 2.45) is 0 Å². The van der Waals surface area contributed by atoms with Gasteiger partial charge in [0.2, 0.25) is 0 Å². The number of nitrogens with one attached hydrogen (secondary N) is 1. The van der Waals surface area contributed by atoms with Crippen LogP contribution in [-0.4, -0.2) is 38.2 Å². The van der Waals surface area contributed by atoms with Gasteiger partial charge in [0.25, 0.3) is 0 Å².